The van der Waals surface area contributed by atoms with Gasteiger partial charge in [0.1, 0.15) is 5.66 Å². The third kappa shape index (κ3) is 2.78. The molecule has 124 valence electrons. The first-order valence-electron chi connectivity index (χ1n) is 8.14. The predicted octanol–water partition coefficient (Wildman–Crippen LogP) is 2.46. The molecule has 0 unspecified atom stereocenters. The van der Waals surface area contributed by atoms with Gasteiger partial charge in [0, 0.05) is 31.6 Å². The minimum absolute atomic E-state index is 0.0394. The SMILES string of the molecule is O=C1NC2(CCN(C(=O)Cc3ccsc3)CC2)Nc2ccccc21. The molecule has 2 amide bonds. The van der Waals surface area contributed by atoms with E-state index in [4.69, 9.17) is 0 Å². The maximum Gasteiger partial charge on any atom is 0.255 e. The topological polar surface area (TPSA) is 61.4 Å². The van der Waals surface area contributed by atoms with Crippen molar-refractivity contribution in [1.29, 1.82) is 0 Å². The van der Waals surface area contributed by atoms with Crippen molar-refractivity contribution in [1.82, 2.24) is 10.2 Å². The van der Waals surface area contributed by atoms with E-state index in [1.165, 1.54) is 0 Å². The number of thiophene rings is 1. The second kappa shape index (κ2) is 5.94. The quantitative estimate of drug-likeness (QED) is 0.882. The highest BCUT2D eigenvalue weighted by molar-refractivity contribution is 7.08. The molecule has 0 saturated carbocycles. The van der Waals surface area contributed by atoms with Crippen LogP contribution in [0, 0.1) is 0 Å². The fourth-order valence-corrected chi connectivity index (χ4v) is 4.10. The molecule has 4 rings (SSSR count). The first-order valence-corrected chi connectivity index (χ1v) is 9.08. The van der Waals surface area contributed by atoms with Crippen LogP contribution in [0.4, 0.5) is 5.69 Å². The van der Waals surface area contributed by atoms with Crippen molar-refractivity contribution in [2.75, 3.05) is 18.4 Å². The van der Waals surface area contributed by atoms with E-state index in [1.54, 1.807) is 11.3 Å². The second-order valence-corrected chi connectivity index (χ2v) is 7.18. The van der Waals surface area contributed by atoms with Gasteiger partial charge in [0.15, 0.2) is 0 Å². The molecule has 1 aromatic heterocycles. The van der Waals surface area contributed by atoms with Gasteiger partial charge in [-0.15, -0.1) is 0 Å². The van der Waals surface area contributed by atoms with E-state index in [1.807, 2.05) is 46.0 Å². The lowest BCUT2D eigenvalue weighted by molar-refractivity contribution is -0.132. The lowest BCUT2D eigenvalue weighted by Gasteiger charge is -2.45. The van der Waals surface area contributed by atoms with Crippen LogP contribution in [0.2, 0.25) is 0 Å². The smallest absolute Gasteiger partial charge is 0.255 e. The summed E-state index contributed by atoms with van der Waals surface area (Å²) >= 11 is 1.61. The number of anilines is 1. The number of piperidine rings is 1. The van der Waals surface area contributed by atoms with Crippen molar-refractivity contribution in [3.8, 4) is 0 Å². The number of amides is 2. The van der Waals surface area contributed by atoms with Crippen LogP contribution < -0.4 is 10.6 Å². The monoisotopic (exact) mass is 341 g/mol. The first kappa shape index (κ1) is 15.2. The maximum atomic E-state index is 12.4. The number of benzene rings is 1. The molecule has 24 heavy (non-hydrogen) atoms. The van der Waals surface area contributed by atoms with E-state index in [2.05, 4.69) is 10.6 Å². The zero-order chi connectivity index (χ0) is 16.6. The highest BCUT2D eigenvalue weighted by atomic mass is 32.1. The minimum atomic E-state index is -0.440. The van der Waals surface area contributed by atoms with E-state index in [0.717, 1.165) is 11.3 Å². The van der Waals surface area contributed by atoms with Gasteiger partial charge >= 0.3 is 0 Å². The zero-order valence-corrected chi connectivity index (χ0v) is 14.1. The van der Waals surface area contributed by atoms with Gasteiger partial charge in [-0.25, -0.2) is 0 Å². The van der Waals surface area contributed by atoms with Crippen molar-refractivity contribution in [2.24, 2.45) is 0 Å². The Morgan fingerprint density at radius 3 is 2.71 bits per heavy atom. The molecule has 6 heteroatoms. The molecular formula is C18H19N3O2S. The summed E-state index contributed by atoms with van der Waals surface area (Å²) in [5, 5.41) is 10.6. The van der Waals surface area contributed by atoms with E-state index < -0.39 is 5.66 Å². The van der Waals surface area contributed by atoms with Gasteiger partial charge in [-0.1, -0.05) is 12.1 Å². The summed E-state index contributed by atoms with van der Waals surface area (Å²) in [6.45, 7) is 1.30. The molecule has 1 fully saturated rings. The van der Waals surface area contributed by atoms with Crippen molar-refractivity contribution in [3.63, 3.8) is 0 Å². The highest BCUT2D eigenvalue weighted by Crippen LogP contribution is 2.31. The number of para-hydroxylation sites is 1. The third-order valence-electron chi connectivity index (χ3n) is 4.80. The van der Waals surface area contributed by atoms with Crippen molar-refractivity contribution < 1.29 is 9.59 Å². The second-order valence-electron chi connectivity index (χ2n) is 6.40. The van der Waals surface area contributed by atoms with Crippen molar-refractivity contribution >= 4 is 28.8 Å². The summed E-state index contributed by atoms with van der Waals surface area (Å²) in [6, 6.07) is 9.54. The fourth-order valence-electron chi connectivity index (χ4n) is 3.43. The number of hydrogen-bond acceptors (Lipinski definition) is 4. The molecule has 0 atom stereocenters. The van der Waals surface area contributed by atoms with E-state index in [-0.39, 0.29) is 11.8 Å². The van der Waals surface area contributed by atoms with Crippen LogP contribution in [0.5, 0.6) is 0 Å². The van der Waals surface area contributed by atoms with Crippen LogP contribution >= 0.6 is 11.3 Å². The normalized spacial score (nSPS) is 18.7. The summed E-state index contributed by atoms with van der Waals surface area (Å²) in [4.78, 5) is 26.7. The van der Waals surface area contributed by atoms with Gasteiger partial charge in [-0.3, -0.25) is 9.59 Å². The molecule has 0 bridgehead atoms. The number of nitrogens with zero attached hydrogens (tertiary/aromatic N) is 1. The highest BCUT2D eigenvalue weighted by Gasteiger charge is 2.40. The largest absolute Gasteiger partial charge is 0.362 e. The molecule has 1 saturated heterocycles. The number of carbonyl (C=O) groups is 2. The Bertz CT molecular complexity index is 764. The number of nitrogens with one attached hydrogen (secondary N) is 2. The van der Waals surface area contributed by atoms with Crippen LogP contribution in [0.3, 0.4) is 0 Å². The molecule has 1 aromatic carbocycles. The van der Waals surface area contributed by atoms with Crippen molar-refractivity contribution in [3.05, 3.63) is 52.2 Å². The van der Waals surface area contributed by atoms with E-state index in [9.17, 15) is 9.59 Å². The van der Waals surface area contributed by atoms with Gasteiger partial charge < -0.3 is 15.5 Å². The average molecular weight is 341 g/mol. The number of likely N-dealkylation sites (tertiary alicyclic amines) is 1. The molecule has 0 aliphatic carbocycles. The summed E-state index contributed by atoms with van der Waals surface area (Å²) in [5.74, 6) is 0.119. The van der Waals surface area contributed by atoms with Gasteiger partial charge in [-0.05, 0) is 34.5 Å². The Kier molecular flexibility index (Phi) is 3.76. The standard InChI is InChI=1S/C18H19N3O2S/c22-16(11-13-5-10-24-12-13)21-8-6-18(7-9-21)19-15-4-2-1-3-14(15)17(23)20-18/h1-5,10,12,19H,6-9,11H2,(H,20,23). The molecule has 2 N–H and O–H groups in total. The van der Waals surface area contributed by atoms with Gasteiger partial charge in [0.2, 0.25) is 5.91 Å². The summed E-state index contributed by atoms with van der Waals surface area (Å²) in [6.07, 6.45) is 1.88. The average Bonchev–Trinajstić information content (AvgIpc) is 3.08. The van der Waals surface area contributed by atoms with Crippen LogP contribution in [-0.2, 0) is 11.2 Å². The molecule has 0 radical (unpaired) electrons. The molecule has 2 aliphatic rings. The van der Waals surface area contributed by atoms with Crippen LogP contribution in [0.1, 0.15) is 28.8 Å². The van der Waals surface area contributed by atoms with E-state index >= 15 is 0 Å². The molecule has 5 nitrogen and oxygen atoms in total. The van der Waals surface area contributed by atoms with Gasteiger partial charge in [0.05, 0.1) is 12.0 Å². The lowest BCUT2D eigenvalue weighted by atomic mass is 9.92. The molecule has 2 aliphatic heterocycles. The maximum absolute atomic E-state index is 12.4. The Morgan fingerprint density at radius 2 is 1.96 bits per heavy atom. The number of hydrogen-bond donors (Lipinski definition) is 2. The van der Waals surface area contributed by atoms with Crippen molar-refractivity contribution in [2.45, 2.75) is 24.9 Å². The van der Waals surface area contributed by atoms with Crippen LogP contribution in [0.25, 0.3) is 0 Å². The molecule has 2 aromatic rings. The van der Waals surface area contributed by atoms with Crippen LogP contribution in [-0.4, -0.2) is 35.5 Å². The zero-order valence-electron chi connectivity index (χ0n) is 13.2. The molecule has 1 spiro atoms. The van der Waals surface area contributed by atoms with Crippen LogP contribution in [0.15, 0.2) is 41.1 Å². The van der Waals surface area contributed by atoms with Gasteiger partial charge in [-0.2, -0.15) is 11.3 Å². The number of carbonyl (C=O) groups excluding carboxylic acids is 2. The first-order chi connectivity index (χ1) is 11.7. The van der Waals surface area contributed by atoms with Gasteiger partial charge in [0.25, 0.3) is 5.91 Å². The Balaban J connectivity index is 1.43. The number of rotatable bonds is 2. The third-order valence-corrected chi connectivity index (χ3v) is 5.54. The summed E-state index contributed by atoms with van der Waals surface area (Å²) in [7, 11) is 0. The Labute approximate surface area is 144 Å². The molecule has 3 heterocycles. The fraction of sp³-hybridized carbons (Fsp3) is 0.333. The predicted molar refractivity (Wildman–Crippen MR) is 94.1 cm³/mol. The molecular weight excluding hydrogens is 322 g/mol. The number of fused-ring (bicyclic) bond motifs is 1. The Morgan fingerprint density at radius 1 is 1.17 bits per heavy atom. The van der Waals surface area contributed by atoms with E-state index in [0.29, 0.717) is 37.9 Å². The minimum Gasteiger partial charge on any atom is -0.362 e. The summed E-state index contributed by atoms with van der Waals surface area (Å²) < 4.78 is 0. The Hall–Kier alpha value is -2.34. The lowest BCUT2D eigenvalue weighted by Crippen LogP contribution is -2.62. The summed E-state index contributed by atoms with van der Waals surface area (Å²) in [5.41, 5.74) is 2.19.